The molecule has 0 bridgehead atoms. The molecule has 2 aromatic carbocycles. The van der Waals surface area contributed by atoms with Gasteiger partial charge in [-0.25, -0.2) is 0 Å². The van der Waals surface area contributed by atoms with Crippen LogP contribution in [0.5, 0.6) is 11.5 Å². The highest BCUT2D eigenvalue weighted by molar-refractivity contribution is 5.96. The van der Waals surface area contributed by atoms with Gasteiger partial charge >= 0.3 is 0 Å². The number of nitrogen functional groups attached to an aromatic ring is 1. The number of hydrogen-bond donors (Lipinski definition) is 2. The minimum Gasteiger partial charge on any atom is -0.457 e. The molecule has 0 unspecified atom stereocenters. The van der Waals surface area contributed by atoms with E-state index in [2.05, 4.69) is 6.07 Å². The SMILES string of the molecule is N#CCc1ccc(Oc2ccc(N)cc2C(N)=O)cc1. The maximum atomic E-state index is 11.4. The normalized spacial score (nSPS) is 9.75. The number of carbonyl (C=O) groups is 1. The fourth-order valence-corrected chi connectivity index (χ4v) is 1.72. The quantitative estimate of drug-likeness (QED) is 0.829. The van der Waals surface area contributed by atoms with Gasteiger partial charge in [0.1, 0.15) is 11.5 Å². The topological polar surface area (TPSA) is 102 Å². The van der Waals surface area contributed by atoms with Gasteiger partial charge in [0.25, 0.3) is 5.91 Å². The van der Waals surface area contributed by atoms with Gasteiger partial charge in [-0.3, -0.25) is 4.79 Å². The zero-order chi connectivity index (χ0) is 14.5. The first-order valence-corrected chi connectivity index (χ1v) is 5.93. The standard InChI is InChI=1S/C15H13N3O2/c16-8-7-10-1-4-12(5-2-10)20-14-6-3-11(17)9-13(14)15(18)19/h1-6,9H,7,17H2,(H2,18,19). The number of carbonyl (C=O) groups excluding carboxylic acids is 1. The molecule has 0 spiro atoms. The molecule has 100 valence electrons. The summed E-state index contributed by atoms with van der Waals surface area (Å²) in [7, 11) is 0. The monoisotopic (exact) mass is 267 g/mol. The average Bonchev–Trinajstić information content (AvgIpc) is 2.43. The lowest BCUT2D eigenvalue weighted by Crippen LogP contribution is -2.12. The molecule has 1 amide bonds. The van der Waals surface area contributed by atoms with Gasteiger partial charge in [0.05, 0.1) is 18.1 Å². The molecule has 5 heteroatoms. The molecule has 2 aromatic rings. The number of benzene rings is 2. The van der Waals surface area contributed by atoms with Crippen molar-refractivity contribution < 1.29 is 9.53 Å². The van der Waals surface area contributed by atoms with Crippen LogP contribution in [0, 0.1) is 11.3 Å². The molecule has 4 N–H and O–H groups in total. The summed E-state index contributed by atoms with van der Waals surface area (Å²) >= 11 is 0. The molecule has 0 saturated carbocycles. The second kappa shape index (κ2) is 5.76. The van der Waals surface area contributed by atoms with E-state index in [0.29, 0.717) is 23.6 Å². The second-order valence-electron chi connectivity index (χ2n) is 4.20. The summed E-state index contributed by atoms with van der Waals surface area (Å²) in [6, 6.07) is 13.8. The Morgan fingerprint density at radius 2 is 1.90 bits per heavy atom. The third-order valence-corrected chi connectivity index (χ3v) is 2.70. The number of amides is 1. The fourth-order valence-electron chi connectivity index (χ4n) is 1.72. The van der Waals surface area contributed by atoms with Gasteiger partial charge in [0.2, 0.25) is 0 Å². The molecule has 0 aliphatic rings. The molecule has 0 saturated heterocycles. The second-order valence-corrected chi connectivity index (χ2v) is 4.20. The van der Waals surface area contributed by atoms with Crippen molar-refractivity contribution in [3.63, 3.8) is 0 Å². The van der Waals surface area contributed by atoms with Crippen LogP contribution in [-0.2, 0) is 6.42 Å². The molecule has 2 rings (SSSR count). The van der Waals surface area contributed by atoms with Crippen LogP contribution in [0.25, 0.3) is 0 Å². The Bertz CT molecular complexity index is 673. The van der Waals surface area contributed by atoms with Gasteiger partial charge in [-0.05, 0) is 35.9 Å². The van der Waals surface area contributed by atoms with Gasteiger partial charge in [-0.1, -0.05) is 12.1 Å². The Kier molecular flexibility index (Phi) is 3.87. The predicted octanol–water partition coefficient (Wildman–Crippen LogP) is 2.23. The van der Waals surface area contributed by atoms with Crippen molar-refractivity contribution in [3.05, 3.63) is 53.6 Å². The van der Waals surface area contributed by atoms with Crippen molar-refractivity contribution in [1.29, 1.82) is 5.26 Å². The van der Waals surface area contributed by atoms with E-state index in [1.54, 1.807) is 36.4 Å². The Hall–Kier alpha value is -3.00. The molecule has 5 nitrogen and oxygen atoms in total. The summed E-state index contributed by atoms with van der Waals surface area (Å²) in [5.41, 5.74) is 12.5. The lowest BCUT2D eigenvalue weighted by Gasteiger charge is -2.10. The van der Waals surface area contributed by atoms with E-state index in [1.807, 2.05) is 0 Å². The number of rotatable bonds is 4. The summed E-state index contributed by atoms with van der Waals surface area (Å²) in [6.45, 7) is 0. The molecule has 20 heavy (non-hydrogen) atoms. The van der Waals surface area contributed by atoms with Gasteiger partial charge in [-0.2, -0.15) is 5.26 Å². The summed E-state index contributed by atoms with van der Waals surface area (Å²) in [4.78, 5) is 11.4. The molecular formula is C15H13N3O2. The Labute approximate surface area is 116 Å². The molecule has 0 atom stereocenters. The fraction of sp³-hybridized carbons (Fsp3) is 0.0667. The number of nitrogens with two attached hydrogens (primary N) is 2. The summed E-state index contributed by atoms with van der Waals surface area (Å²) in [6.07, 6.45) is 0.342. The van der Waals surface area contributed by atoms with E-state index >= 15 is 0 Å². The van der Waals surface area contributed by atoms with E-state index in [-0.39, 0.29) is 5.56 Å². The van der Waals surface area contributed by atoms with Crippen LogP contribution in [0.2, 0.25) is 0 Å². The number of ether oxygens (including phenoxy) is 1. The minimum atomic E-state index is -0.603. The van der Waals surface area contributed by atoms with Crippen LogP contribution in [0.3, 0.4) is 0 Å². The highest BCUT2D eigenvalue weighted by Gasteiger charge is 2.10. The summed E-state index contributed by atoms with van der Waals surface area (Å²) in [5.74, 6) is 0.298. The number of primary amides is 1. The van der Waals surface area contributed by atoms with Crippen molar-refractivity contribution in [3.8, 4) is 17.6 Å². The summed E-state index contributed by atoms with van der Waals surface area (Å²) in [5, 5.41) is 8.60. The largest absolute Gasteiger partial charge is 0.457 e. The van der Waals surface area contributed by atoms with Crippen LogP contribution < -0.4 is 16.2 Å². The van der Waals surface area contributed by atoms with Crippen LogP contribution in [0.15, 0.2) is 42.5 Å². The molecule has 0 aliphatic carbocycles. The highest BCUT2D eigenvalue weighted by atomic mass is 16.5. The van der Waals surface area contributed by atoms with Crippen molar-refractivity contribution in [2.24, 2.45) is 5.73 Å². The van der Waals surface area contributed by atoms with E-state index in [1.165, 1.54) is 6.07 Å². The van der Waals surface area contributed by atoms with Crippen molar-refractivity contribution in [2.45, 2.75) is 6.42 Å². The first kappa shape index (κ1) is 13.4. The number of anilines is 1. The molecule has 0 radical (unpaired) electrons. The Morgan fingerprint density at radius 1 is 1.20 bits per heavy atom. The number of nitriles is 1. The lowest BCUT2D eigenvalue weighted by molar-refractivity contribution is 0.0998. The maximum absolute atomic E-state index is 11.4. The van der Waals surface area contributed by atoms with Crippen molar-refractivity contribution >= 4 is 11.6 Å². The zero-order valence-electron chi connectivity index (χ0n) is 10.7. The summed E-state index contributed by atoms with van der Waals surface area (Å²) < 4.78 is 5.62. The third kappa shape index (κ3) is 3.06. The Balaban J connectivity index is 2.26. The predicted molar refractivity (Wildman–Crippen MR) is 75.2 cm³/mol. The highest BCUT2D eigenvalue weighted by Crippen LogP contribution is 2.27. The van der Waals surface area contributed by atoms with Gasteiger partial charge < -0.3 is 16.2 Å². The smallest absolute Gasteiger partial charge is 0.252 e. The Morgan fingerprint density at radius 3 is 2.50 bits per heavy atom. The van der Waals surface area contributed by atoms with E-state index < -0.39 is 5.91 Å². The first-order chi connectivity index (χ1) is 9.60. The lowest BCUT2D eigenvalue weighted by atomic mass is 10.1. The molecular weight excluding hydrogens is 254 g/mol. The van der Waals surface area contributed by atoms with E-state index in [9.17, 15) is 4.79 Å². The van der Waals surface area contributed by atoms with Gasteiger partial charge in [-0.15, -0.1) is 0 Å². The van der Waals surface area contributed by atoms with E-state index in [0.717, 1.165) is 5.56 Å². The molecule has 0 aromatic heterocycles. The van der Waals surface area contributed by atoms with Gasteiger partial charge in [0, 0.05) is 5.69 Å². The van der Waals surface area contributed by atoms with Crippen LogP contribution in [0.4, 0.5) is 5.69 Å². The number of nitrogens with zero attached hydrogens (tertiary/aromatic N) is 1. The van der Waals surface area contributed by atoms with Gasteiger partial charge in [0.15, 0.2) is 0 Å². The van der Waals surface area contributed by atoms with Crippen LogP contribution in [0.1, 0.15) is 15.9 Å². The van der Waals surface area contributed by atoms with Crippen LogP contribution >= 0.6 is 0 Å². The van der Waals surface area contributed by atoms with E-state index in [4.69, 9.17) is 21.5 Å². The third-order valence-electron chi connectivity index (χ3n) is 2.70. The van der Waals surface area contributed by atoms with Crippen molar-refractivity contribution in [2.75, 3.05) is 5.73 Å². The molecule has 0 heterocycles. The van der Waals surface area contributed by atoms with Crippen LogP contribution in [-0.4, -0.2) is 5.91 Å². The first-order valence-electron chi connectivity index (χ1n) is 5.93. The average molecular weight is 267 g/mol. The minimum absolute atomic E-state index is 0.228. The number of hydrogen-bond acceptors (Lipinski definition) is 4. The zero-order valence-corrected chi connectivity index (χ0v) is 10.7. The molecule has 0 aliphatic heterocycles. The maximum Gasteiger partial charge on any atom is 0.252 e. The van der Waals surface area contributed by atoms with Crippen molar-refractivity contribution in [1.82, 2.24) is 0 Å². The molecule has 0 fully saturated rings.